The van der Waals surface area contributed by atoms with E-state index >= 15 is 0 Å². The Labute approximate surface area is 143 Å². The van der Waals surface area contributed by atoms with E-state index in [9.17, 15) is 4.79 Å². The van der Waals surface area contributed by atoms with Crippen molar-refractivity contribution in [1.82, 2.24) is 14.9 Å². The summed E-state index contributed by atoms with van der Waals surface area (Å²) in [5.74, 6) is 0.407. The zero-order chi connectivity index (χ0) is 16.0. The van der Waals surface area contributed by atoms with Gasteiger partial charge in [0.25, 0.3) is 0 Å². The molecule has 0 radical (unpaired) electrons. The van der Waals surface area contributed by atoms with Gasteiger partial charge in [0.2, 0.25) is 0 Å². The molecule has 0 spiro atoms. The molecule has 2 aliphatic rings. The average molecular weight is 349 g/mol. The molecule has 2 amide bonds. The van der Waals surface area contributed by atoms with Gasteiger partial charge in [-0.3, -0.25) is 10.3 Å². The Hall–Kier alpha value is -1.85. The van der Waals surface area contributed by atoms with Crippen LogP contribution in [0.4, 0.5) is 10.6 Å². The molecule has 5 nitrogen and oxygen atoms in total. The summed E-state index contributed by atoms with van der Waals surface area (Å²) in [6.07, 6.45) is 7.96. The number of nitrogens with zero attached hydrogens (tertiary/aromatic N) is 3. The Bertz CT molecular complexity index is 782. The highest BCUT2D eigenvalue weighted by molar-refractivity contribution is 6.42. The number of hydrogen-bond acceptors (Lipinski definition) is 3. The number of nitrogens with one attached hydrogen (secondary N) is 1. The number of amides is 2. The number of aromatic nitrogens is 2. The van der Waals surface area contributed by atoms with Crippen LogP contribution in [0.3, 0.4) is 0 Å². The van der Waals surface area contributed by atoms with Crippen molar-refractivity contribution in [3.63, 3.8) is 0 Å². The van der Waals surface area contributed by atoms with E-state index in [1.54, 1.807) is 12.3 Å². The zero-order valence-electron chi connectivity index (χ0n) is 12.2. The number of carbonyl (C=O) groups is 1. The molecule has 2 aliphatic heterocycles. The molecular formula is C16H14Cl2N4O. The molecule has 23 heavy (non-hydrogen) atoms. The molecule has 1 saturated heterocycles. The van der Waals surface area contributed by atoms with Crippen molar-refractivity contribution in [3.8, 4) is 0 Å². The first-order valence-electron chi connectivity index (χ1n) is 7.46. The molecule has 2 aromatic heterocycles. The quantitative estimate of drug-likeness (QED) is 0.844. The van der Waals surface area contributed by atoms with Crippen LogP contribution in [-0.4, -0.2) is 26.9 Å². The van der Waals surface area contributed by atoms with Gasteiger partial charge in [-0.05, 0) is 36.5 Å². The minimum atomic E-state index is -0.147. The summed E-state index contributed by atoms with van der Waals surface area (Å²) in [7, 11) is 0. The van der Waals surface area contributed by atoms with E-state index in [0.717, 1.165) is 19.3 Å². The van der Waals surface area contributed by atoms with Crippen molar-refractivity contribution < 1.29 is 4.79 Å². The van der Waals surface area contributed by atoms with E-state index in [0.29, 0.717) is 15.9 Å². The van der Waals surface area contributed by atoms with E-state index in [1.807, 2.05) is 17.2 Å². The van der Waals surface area contributed by atoms with Crippen LogP contribution in [-0.2, 0) is 6.42 Å². The molecular weight excluding hydrogens is 335 g/mol. The number of hydrogen-bond donors (Lipinski definition) is 1. The summed E-state index contributed by atoms with van der Waals surface area (Å²) < 4.78 is 0. The fraction of sp³-hybridized carbons (Fsp3) is 0.312. The van der Waals surface area contributed by atoms with Gasteiger partial charge in [0.1, 0.15) is 5.82 Å². The van der Waals surface area contributed by atoms with Crippen LogP contribution in [0.15, 0.2) is 30.7 Å². The van der Waals surface area contributed by atoms with Gasteiger partial charge in [-0.1, -0.05) is 23.2 Å². The van der Waals surface area contributed by atoms with E-state index in [1.165, 1.54) is 17.3 Å². The highest BCUT2D eigenvalue weighted by Crippen LogP contribution is 2.43. The van der Waals surface area contributed by atoms with Gasteiger partial charge in [-0.25, -0.2) is 9.78 Å². The monoisotopic (exact) mass is 348 g/mol. The number of rotatable bonds is 1. The minimum absolute atomic E-state index is 0.106. The second-order valence-electron chi connectivity index (χ2n) is 5.85. The molecule has 0 aromatic carbocycles. The van der Waals surface area contributed by atoms with Crippen LogP contribution in [0, 0.1) is 0 Å². The van der Waals surface area contributed by atoms with Crippen LogP contribution in [0.1, 0.15) is 30.0 Å². The lowest BCUT2D eigenvalue weighted by molar-refractivity contribution is 0.179. The van der Waals surface area contributed by atoms with Crippen LogP contribution < -0.4 is 5.32 Å². The van der Waals surface area contributed by atoms with Gasteiger partial charge in [0.15, 0.2) is 0 Å². The third-order valence-corrected chi connectivity index (χ3v) is 5.25. The van der Waals surface area contributed by atoms with Gasteiger partial charge in [-0.2, -0.15) is 0 Å². The van der Waals surface area contributed by atoms with E-state index in [2.05, 4.69) is 15.3 Å². The number of urea groups is 1. The summed E-state index contributed by atoms with van der Waals surface area (Å²) in [6.45, 7) is 0. The fourth-order valence-corrected chi connectivity index (χ4v) is 3.80. The Kier molecular flexibility index (Phi) is 3.62. The van der Waals surface area contributed by atoms with Gasteiger partial charge < -0.3 is 4.90 Å². The van der Waals surface area contributed by atoms with Crippen molar-refractivity contribution in [1.29, 1.82) is 0 Å². The molecule has 2 atom stereocenters. The van der Waals surface area contributed by atoms with Crippen molar-refractivity contribution in [3.05, 3.63) is 51.9 Å². The lowest BCUT2D eigenvalue weighted by Gasteiger charge is -2.36. The maximum Gasteiger partial charge on any atom is 0.323 e. The molecule has 4 heterocycles. The molecule has 1 fully saturated rings. The summed E-state index contributed by atoms with van der Waals surface area (Å²) >= 11 is 11.8. The van der Waals surface area contributed by atoms with Gasteiger partial charge in [0.05, 0.1) is 16.1 Å². The third-order valence-electron chi connectivity index (χ3n) is 4.54. The predicted octanol–water partition coefficient (Wildman–Crippen LogP) is 4.08. The van der Waals surface area contributed by atoms with Gasteiger partial charge in [-0.15, -0.1) is 0 Å². The Morgan fingerprint density at radius 1 is 1.26 bits per heavy atom. The first-order chi connectivity index (χ1) is 11.1. The smallest absolute Gasteiger partial charge is 0.314 e. The summed E-state index contributed by atoms with van der Waals surface area (Å²) in [6, 6.07) is 3.74. The molecule has 118 valence electrons. The largest absolute Gasteiger partial charge is 0.323 e. The molecule has 7 heteroatoms. The topological polar surface area (TPSA) is 58.1 Å². The van der Waals surface area contributed by atoms with Gasteiger partial charge in [0, 0.05) is 30.7 Å². The van der Waals surface area contributed by atoms with Crippen LogP contribution in [0.2, 0.25) is 10.0 Å². The number of halogens is 2. The predicted molar refractivity (Wildman–Crippen MR) is 88.8 cm³/mol. The van der Waals surface area contributed by atoms with Crippen LogP contribution >= 0.6 is 23.2 Å². The Balaban J connectivity index is 1.59. The number of carbonyl (C=O) groups excluding carboxylic acids is 1. The number of anilines is 1. The van der Waals surface area contributed by atoms with Crippen molar-refractivity contribution in [2.24, 2.45) is 0 Å². The standard InChI is InChI=1S/C16H14Cl2N4O/c17-12-6-15(20-8-13(12)18)21-16(23)22-10-1-2-14(22)11-3-4-19-7-9(11)5-10/h3-4,6-8,10,14H,1-2,5H2,(H,20,21,23)/t10-,14+/m0/s1. The van der Waals surface area contributed by atoms with E-state index in [-0.39, 0.29) is 18.1 Å². The second kappa shape index (κ2) is 5.65. The molecule has 2 bridgehead atoms. The van der Waals surface area contributed by atoms with Crippen molar-refractivity contribution in [2.75, 3.05) is 5.32 Å². The molecule has 1 N–H and O–H groups in total. The maximum atomic E-state index is 12.7. The van der Waals surface area contributed by atoms with Crippen molar-refractivity contribution in [2.45, 2.75) is 31.3 Å². The third kappa shape index (κ3) is 2.54. The summed E-state index contributed by atoms with van der Waals surface area (Å²) in [4.78, 5) is 22.9. The fourth-order valence-electron chi connectivity index (χ4n) is 3.54. The van der Waals surface area contributed by atoms with E-state index < -0.39 is 0 Å². The summed E-state index contributed by atoms with van der Waals surface area (Å²) in [5, 5.41) is 3.56. The molecule has 0 saturated carbocycles. The molecule has 2 aromatic rings. The summed E-state index contributed by atoms with van der Waals surface area (Å²) in [5.41, 5.74) is 2.45. The van der Waals surface area contributed by atoms with Gasteiger partial charge >= 0.3 is 6.03 Å². The Morgan fingerprint density at radius 2 is 2.13 bits per heavy atom. The molecule has 0 aliphatic carbocycles. The van der Waals surface area contributed by atoms with Crippen LogP contribution in [0.25, 0.3) is 0 Å². The highest BCUT2D eigenvalue weighted by atomic mass is 35.5. The SMILES string of the molecule is O=C(Nc1cc(Cl)c(Cl)cn1)N1[C@H]2CC[C@@H]1c1ccncc1C2. The number of fused-ring (bicyclic) bond motifs is 4. The van der Waals surface area contributed by atoms with E-state index in [4.69, 9.17) is 23.2 Å². The lowest BCUT2D eigenvalue weighted by Crippen LogP contribution is -2.44. The molecule has 4 rings (SSSR count). The normalized spacial score (nSPS) is 21.9. The van der Waals surface area contributed by atoms with Crippen molar-refractivity contribution >= 4 is 35.1 Å². The Morgan fingerprint density at radius 3 is 2.96 bits per heavy atom. The second-order valence-corrected chi connectivity index (χ2v) is 6.66. The lowest BCUT2D eigenvalue weighted by atomic mass is 9.95. The highest BCUT2D eigenvalue weighted by Gasteiger charge is 2.42. The zero-order valence-corrected chi connectivity index (χ0v) is 13.7. The average Bonchev–Trinajstić information content (AvgIpc) is 2.86. The van der Waals surface area contributed by atoms with Crippen LogP contribution in [0.5, 0.6) is 0 Å². The minimum Gasteiger partial charge on any atom is -0.314 e. The number of pyridine rings is 2. The molecule has 0 unspecified atom stereocenters. The first-order valence-corrected chi connectivity index (χ1v) is 8.22. The maximum absolute atomic E-state index is 12.7. The first kappa shape index (κ1) is 14.7.